The van der Waals surface area contributed by atoms with Gasteiger partial charge in [0.05, 0.1) is 6.42 Å². The molecule has 0 aliphatic heterocycles. The van der Waals surface area contributed by atoms with Gasteiger partial charge < -0.3 is 10.4 Å². The highest BCUT2D eigenvalue weighted by atomic mass is 16.4. The Morgan fingerprint density at radius 2 is 2.31 bits per heavy atom. The Kier molecular flexibility index (Phi) is 4.43. The molecule has 0 aromatic carbocycles. The zero-order valence-electron chi connectivity index (χ0n) is 9.73. The number of carboxylic acids is 1. The lowest BCUT2D eigenvalue weighted by atomic mass is 9.86. The molecule has 88 valence electrons. The third-order valence-electron chi connectivity index (χ3n) is 2.53. The first-order valence-corrected chi connectivity index (χ1v) is 5.35. The Labute approximate surface area is 95.7 Å². The highest BCUT2D eigenvalue weighted by Crippen LogP contribution is 2.20. The van der Waals surface area contributed by atoms with Gasteiger partial charge in [-0.3, -0.25) is 9.78 Å². The maximum atomic E-state index is 10.3. The Morgan fingerprint density at radius 3 is 2.88 bits per heavy atom. The fourth-order valence-electron chi connectivity index (χ4n) is 1.46. The smallest absolute Gasteiger partial charge is 0.304 e. The minimum Gasteiger partial charge on any atom is -0.481 e. The quantitative estimate of drug-likeness (QED) is 0.715. The number of nitrogens with one attached hydrogen (secondary N) is 1. The average molecular weight is 222 g/mol. The third-order valence-corrected chi connectivity index (χ3v) is 2.53. The van der Waals surface area contributed by atoms with Crippen molar-refractivity contribution in [2.75, 3.05) is 13.1 Å². The van der Waals surface area contributed by atoms with Crippen molar-refractivity contribution < 1.29 is 9.90 Å². The number of hydrogen-bond donors (Lipinski definition) is 2. The van der Waals surface area contributed by atoms with E-state index in [1.165, 1.54) is 0 Å². The van der Waals surface area contributed by atoms with Crippen LogP contribution in [0, 0.1) is 0 Å². The number of hydrogen-bond acceptors (Lipinski definition) is 3. The van der Waals surface area contributed by atoms with Gasteiger partial charge in [0.2, 0.25) is 0 Å². The fourth-order valence-corrected chi connectivity index (χ4v) is 1.46. The van der Waals surface area contributed by atoms with Crippen LogP contribution in [0.2, 0.25) is 0 Å². The van der Waals surface area contributed by atoms with E-state index in [0.717, 1.165) is 12.1 Å². The van der Waals surface area contributed by atoms with Crippen LogP contribution in [0.5, 0.6) is 0 Å². The number of carboxylic acid groups (broad SMARTS) is 1. The second-order valence-electron chi connectivity index (χ2n) is 4.45. The van der Waals surface area contributed by atoms with Crippen LogP contribution >= 0.6 is 0 Å². The largest absolute Gasteiger partial charge is 0.481 e. The van der Waals surface area contributed by atoms with Crippen LogP contribution in [-0.4, -0.2) is 29.1 Å². The molecule has 0 spiro atoms. The van der Waals surface area contributed by atoms with Crippen LogP contribution in [0.3, 0.4) is 0 Å². The molecule has 0 unspecified atom stereocenters. The molecule has 0 aliphatic carbocycles. The van der Waals surface area contributed by atoms with Gasteiger partial charge in [0.25, 0.3) is 0 Å². The van der Waals surface area contributed by atoms with Crippen molar-refractivity contribution in [1.29, 1.82) is 0 Å². The fraction of sp³-hybridized carbons (Fsp3) is 0.500. The third kappa shape index (κ3) is 3.98. The summed E-state index contributed by atoms with van der Waals surface area (Å²) in [4.78, 5) is 14.4. The Morgan fingerprint density at radius 1 is 1.56 bits per heavy atom. The van der Waals surface area contributed by atoms with E-state index in [0.29, 0.717) is 6.54 Å². The standard InChI is InChI=1S/C12H18N2O2/c1-12(2,9-14-7-5-11(15)16)10-4-3-6-13-8-10/h3-4,6,8,14H,5,7,9H2,1-2H3,(H,15,16). The van der Waals surface area contributed by atoms with E-state index in [2.05, 4.69) is 24.1 Å². The lowest BCUT2D eigenvalue weighted by Crippen LogP contribution is -2.34. The maximum Gasteiger partial charge on any atom is 0.304 e. The van der Waals surface area contributed by atoms with Gasteiger partial charge in [-0.15, -0.1) is 0 Å². The Bertz CT molecular complexity index is 336. The van der Waals surface area contributed by atoms with Crippen LogP contribution in [0.1, 0.15) is 25.8 Å². The Hall–Kier alpha value is -1.42. The molecular weight excluding hydrogens is 204 g/mol. The van der Waals surface area contributed by atoms with E-state index in [-0.39, 0.29) is 11.8 Å². The molecule has 0 saturated carbocycles. The van der Waals surface area contributed by atoms with Crippen molar-refractivity contribution in [3.63, 3.8) is 0 Å². The number of nitrogens with zero attached hydrogens (tertiary/aromatic N) is 1. The summed E-state index contributed by atoms with van der Waals surface area (Å²) in [7, 11) is 0. The van der Waals surface area contributed by atoms with E-state index < -0.39 is 5.97 Å². The van der Waals surface area contributed by atoms with E-state index in [1.807, 2.05) is 18.3 Å². The van der Waals surface area contributed by atoms with Crippen LogP contribution in [0.25, 0.3) is 0 Å². The molecule has 1 aromatic heterocycles. The summed E-state index contributed by atoms with van der Waals surface area (Å²) in [6.45, 7) is 5.46. The second kappa shape index (κ2) is 5.61. The van der Waals surface area contributed by atoms with Gasteiger partial charge in [-0.05, 0) is 11.6 Å². The molecule has 1 heterocycles. The van der Waals surface area contributed by atoms with Gasteiger partial charge in [-0.1, -0.05) is 19.9 Å². The molecule has 0 radical (unpaired) electrons. The van der Waals surface area contributed by atoms with Gasteiger partial charge in [0, 0.05) is 30.9 Å². The van der Waals surface area contributed by atoms with Gasteiger partial charge >= 0.3 is 5.97 Å². The molecule has 0 saturated heterocycles. The Balaban J connectivity index is 2.43. The van der Waals surface area contributed by atoms with Crippen LogP contribution < -0.4 is 5.32 Å². The summed E-state index contributed by atoms with van der Waals surface area (Å²) >= 11 is 0. The predicted molar refractivity (Wildman–Crippen MR) is 62.4 cm³/mol. The summed E-state index contributed by atoms with van der Waals surface area (Å²) < 4.78 is 0. The first-order chi connectivity index (χ1) is 7.52. The maximum absolute atomic E-state index is 10.3. The van der Waals surface area contributed by atoms with E-state index in [4.69, 9.17) is 5.11 Å². The van der Waals surface area contributed by atoms with E-state index in [9.17, 15) is 4.79 Å². The number of aromatic nitrogens is 1. The highest BCUT2D eigenvalue weighted by molar-refractivity contribution is 5.66. The summed E-state index contributed by atoms with van der Waals surface area (Å²) in [5, 5.41) is 11.7. The molecule has 2 N–H and O–H groups in total. The average Bonchev–Trinajstić information content (AvgIpc) is 2.26. The normalized spacial score (nSPS) is 11.4. The van der Waals surface area contributed by atoms with Crippen LogP contribution in [0.15, 0.2) is 24.5 Å². The molecule has 4 nitrogen and oxygen atoms in total. The highest BCUT2D eigenvalue weighted by Gasteiger charge is 2.19. The molecule has 16 heavy (non-hydrogen) atoms. The van der Waals surface area contributed by atoms with Crippen molar-refractivity contribution in [1.82, 2.24) is 10.3 Å². The van der Waals surface area contributed by atoms with E-state index >= 15 is 0 Å². The molecule has 0 atom stereocenters. The number of pyridine rings is 1. The lowest BCUT2D eigenvalue weighted by molar-refractivity contribution is -0.136. The van der Waals surface area contributed by atoms with Gasteiger partial charge in [0.1, 0.15) is 0 Å². The number of rotatable bonds is 6. The SMILES string of the molecule is CC(C)(CNCCC(=O)O)c1cccnc1. The predicted octanol–water partition coefficient (Wildman–Crippen LogP) is 1.42. The summed E-state index contributed by atoms with van der Waals surface area (Å²) in [5.41, 5.74) is 1.12. The molecular formula is C12H18N2O2. The second-order valence-corrected chi connectivity index (χ2v) is 4.45. The molecule has 1 rings (SSSR count). The first-order valence-electron chi connectivity index (χ1n) is 5.35. The van der Waals surface area contributed by atoms with Gasteiger partial charge in [-0.25, -0.2) is 0 Å². The van der Waals surface area contributed by atoms with Crippen molar-refractivity contribution in [2.45, 2.75) is 25.7 Å². The molecule has 1 aromatic rings. The molecule has 0 amide bonds. The van der Waals surface area contributed by atoms with Crippen molar-refractivity contribution >= 4 is 5.97 Å². The lowest BCUT2D eigenvalue weighted by Gasteiger charge is -2.25. The number of aliphatic carboxylic acids is 1. The topological polar surface area (TPSA) is 62.2 Å². The summed E-state index contributed by atoms with van der Waals surface area (Å²) in [6.07, 6.45) is 3.75. The minimum atomic E-state index is -0.772. The van der Waals surface area contributed by atoms with Crippen LogP contribution in [-0.2, 0) is 10.2 Å². The van der Waals surface area contributed by atoms with Crippen molar-refractivity contribution in [2.24, 2.45) is 0 Å². The summed E-state index contributed by atoms with van der Waals surface area (Å²) in [5.74, 6) is -0.772. The molecule has 0 aliphatic rings. The zero-order valence-corrected chi connectivity index (χ0v) is 9.73. The van der Waals surface area contributed by atoms with E-state index in [1.54, 1.807) is 6.20 Å². The zero-order chi connectivity index (χ0) is 12.0. The van der Waals surface area contributed by atoms with Crippen LogP contribution in [0.4, 0.5) is 0 Å². The van der Waals surface area contributed by atoms with Gasteiger partial charge in [0.15, 0.2) is 0 Å². The van der Waals surface area contributed by atoms with Crippen molar-refractivity contribution in [3.8, 4) is 0 Å². The number of carbonyl (C=O) groups is 1. The molecule has 0 bridgehead atoms. The summed E-state index contributed by atoms with van der Waals surface area (Å²) in [6, 6.07) is 3.94. The van der Waals surface area contributed by atoms with Gasteiger partial charge in [-0.2, -0.15) is 0 Å². The minimum absolute atomic E-state index is 0.0350. The molecule has 0 fully saturated rings. The molecule has 4 heteroatoms. The monoisotopic (exact) mass is 222 g/mol. The van der Waals surface area contributed by atoms with Crippen molar-refractivity contribution in [3.05, 3.63) is 30.1 Å². The first kappa shape index (κ1) is 12.6.